The molecule has 2 N–H and O–H groups in total. The number of nitrogens with two attached hydrogens (primary N) is 1. The van der Waals surface area contributed by atoms with E-state index >= 15 is 0 Å². The van der Waals surface area contributed by atoms with E-state index in [1.807, 2.05) is 0 Å². The molecule has 2 aromatic rings. The molecule has 2 aromatic carbocycles. The lowest BCUT2D eigenvalue weighted by Gasteiger charge is -2.13. The molecule has 0 aromatic heterocycles. The summed E-state index contributed by atoms with van der Waals surface area (Å²) in [6.45, 7) is 0. The molecule has 5 heteroatoms. The van der Waals surface area contributed by atoms with Crippen molar-refractivity contribution in [2.24, 2.45) is 5.73 Å². The van der Waals surface area contributed by atoms with Crippen molar-refractivity contribution in [1.82, 2.24) is 0 Å². The van der Waals surface area contributed by atoms with Gasteiger partial charge in [0.15, 0.2) is 0 Å². The third-order valence-corrected chi connectivity index (χ3v) is 3.20. The Kier molecular flexibility index (Phi) is 2.61. The second kappa shape index (κ2) is 4.31. The Morgan fingerprint density at radius 3 is 1.80 bits per heavy atom. The van der Waals surface area contributed by atoms with Crippen LogP contribution in [0.4, 0.5) is 5.69 Å². The molecule has 0 saturated carbocycles. The molecule has 0 atom stereocenters. The van der Waals surface area contributed by atoms with E-state index in [2.05, 4.69) is 0 Å². The maximum atomic E-state index is 12.2. The monoisotopic (exact) mass is 266 g/mol. The van der Waals surface area contributed by atoms with Crippen LogP contribution in [-0.4, -0.2) is 17.7 Å². The number of nitrogens with zero attached hydrogens (tertiary/aromatic N) is 1. The smallest absolute Gasteiger partial charge is 0.266 e. The first-order chi connectivity index (χ1) is 9.59. The number of primary amides is 1. The van der Waals surface area contributed by atoms with E-state index in [1.54, 1.807) is 24.3 Å². The minimum absolute atomic E-state index is 0.324. The number of imide groups is 1. The van der Waals surface area contributed by atoms with E-state index in [9.17, 15) is 14.4 Å². The topological polar surface area (TPSA) is 80.5 Å². The van der Waals surface area contributed by atoms with Crippen molar-refractivity contribution >= 4 is 23.4 Å². The van der Waals surface area contributed by atoms with Gasteiger partial charge in [-0.05, 0) is 36.4 Å². The van der Waals surface area contributed by atoms with Crippen LogP contribution in [0.2, 0.25) is 0 Å². The number of fused-ring (bicyclic) bond motifs is 1. The molecular formula is C15H10N2O3. The van der Waals surface area contributed by atoms with Gasteiger partial charge >= 0.3 is 0 Å². The van der Waals surface area contributed by atoms with Crippen molar-refractivity contribution in [3.05, 3.63) is 65.2 Å². The summed E-state index contributed by atoms with van der Waals surface area (Å²) in [4.78, 5) is 36.6. The molecule has 0 spiro atoms. The molecule has 0 saturated heterocycles. The maximum absolute atomic E-state index is 12.2. The van der Waals surface area contributed by atoms with E-state index in [0.29, 0.717) is 22.4 Å². The summed E-state index contributed by atoms with van der Waals surface area (Å²) in [6.07, 6.45) is 0. The molecule has 0 unspecified atom stereocenters. The zero-order valence-corrected chi connectivity index (χ0v) is 10.4. The average Bonchev–Trinajstić information content (AvgIpc) is 2.72. The fourth-order valence-electron chi connectivity index (χ4n) is 2.20. The van der Waals surface area contributed by atoms with E-state index in [1.165, 1.54) is 24.3 Å². The minimum atomic E-state index is -0.557. The van der Waals surface area contributed by atoms with Gasteiger partial charge in [0.1, 0.15) is 0 Å². The van der Waals surface area contributed by atoms with Crippen LogP contribution in [0.15, 0.2) is 48.5 Å². The van der Waals surface area contributed by atoms with Gasteiger partial charge in [-0.15, -0.1) is 0 Å². The summed E-state index contributed by atoms with van der Waals surface area (Å²) in [5.74, 6) is -1.28. The Bertz CT molecular complexity index is 700. The van der Waals surface area contributed by atoms with Crippen LogP contribution in [0, 0.1) is 0 Å². The largest absolute Gasteiger partial charge is 0.366 e. The van der Waals surface area contributed by atoms with Gasteiger partial charge in [-0.3, -0.25) is 14.4 Å². The second-order valence-corrected chi connectivity index (χ2v) is 4.40. The number of anilines is 1. The van der Waals surface area contributed by atoms with E-state index in [0.717, 1.165) is 4.90 Å². The van der Waals surface area contributed by atoms with Crippen LogP contribution in [-0.2, 0) is 0 Å². The maximum Gasteiger partial charge on any atom is 0.266 e. The Balaban J connectivity index is 2.02. The Morgan fingerprint density at radius 1 is 0.850 bits per heavy atom. The molecule has 5 nitrogen and oxygen atoms in total. The van der Waals surface area contributed by atoms with Crippen molar-refractivity contribution in [2.45, 2.75) is 0 Å². The van der Waals surface area contributed by atoms with Gasteiger partial charge in [-0.25, -0.2) is 4.90 Å². The van der Waals surface area contributed by atoms with Crippen molar-refractivity contribution in [3.63, 3.8) is 0 Å². The zero-order valence-electron chi connectivity index (χ0n) is 10.4. The summed E-state index contributed by atoms with van der Waals surface area (Å²) in [7, 11) is 0. The molecule has 1 aliphatic heterocycles. The second-order valence-electron chi connectivity index (χ2n) is 4.40. The first-order valence-corrected chi connectivity index (χ1v) is 5.97. The number of benzene rings is 2. The van der Waals surface area contributed by atoms with Gasteiger partial charge in [0.2, 0.25) is 5.91 Å². The van der Waals surface area contributed by atoms with Gasteiger partial charge < -0.3 is 5.73 Å². The lowest BCUT2D eigenvalue weighted by molar-refractivity contribution is 0.0925. The standard InChI is InChI=1S/C15H10N2O3/c16-13(18)9-5-7-10(8-6-9)17-14(19)11-3-1-2-4-12(11)15(17)20/h1-8H,(H2,16,18). The van der Waals surface area contributed by atoms with Crippen LogP contribution in [0.25, 0.3) is 0 Å². The molecule has 0 fully saturated rings. The quantitative estimate of drug-likeness (QED) is 0.838. The van der Waals surface area contributed by atoms with E-state index in [4.69, 9.17) is 5.73 Å². The number of carbonyl (C=O) groups excluding carboxylic acids is 3. The molecule has 1 aliphatic rings. The number of rotatable bonds is 2. The molecule has 3 amide bonds. The highest BCUT2D eigenvalue weighted by molar-refractivity contribution is 6.34. The summed E-state index contributed by atoms with van der Waals surface area (Å²) in [6, 6.07) is 12.7. The number of amides is 3. The SMILES string of the molecule is NC(=O)c1ccc(N2C(=O)c3ccccc3C2=O)cc1. The predicted octanol–water partition coefficient (Wildman–Crippen LogP) is 1.59. The number of hydrogen-bond acceptors (Lipinski definition) is 3. The van der Waals surface area contributed by atoms with Gasteiger partial charge in [-0.2, -0.15) is 0 Å². The lowest BCUT2D eigenvalue weighted by atomic mass is 10.1. The normalized spacial score (nSPS) is 13.5. The molecule has 0 aliphatic carbocycles. The Morgan fingerprint density at radius 2 is 1.35 bits per heavy atom. The van der Waals surface area contributed by atoms with E-state index in [-0.39, 0.29) is 11.8 Å². The molecule has 98 valence electrons. The molecular weight excluding hydrogens is 256 g/mol. The van der Waals surface area contributed by atoms with Crippen molar-refractivity contribution in [2.75, 3.05) is 4.90 Å². The number of hydrogen-bond donors (Lipinski definition) is 1. The fourth-order valence-corrected chi connectivity index (χ4v) is 2.20. The van der Waals surface area contributed by atoms with Gasteiger partial charge in [0, 0.05) is 5.56 Å². The average molecular weight is 266 g/mol. The highest BCUT2D eigenvalue weighted by atomic mass is 16.2. The molecule has 3 rings (SSSR count). The molecule has 20 heavy (non-hydrogen) atoms. The van der Waals surface area contributed by atoms with E-state index < -0.39 is 5.91 Å². The highest BCUT2D eigenvalue weighted by Crippen LogP contribution is 2.28. The lowest BCUT2D eigenvalue weighted by Crippen LogP contribution is -2.29. The molecule has 1 heterocycles. The first kappa shape index (κ1) is 12.1. The minimum Gasteiger partial charge on any atom is -0.366 e. The van der Waals surface area contributed by atoms with Crippen molar-refractivity contribution in [3.8, 4) is 0 Å². The van der Waals surface area contributed by atoms with Crippen LogP contribution < -0.4 is 10.6 Å². The van der Waals surface area contributed by atoms with Crippen molar-refractivity contribution in [1.29, 1.82) is 0 Å². The fraction of sp³-hybridized carbons (Fsp3) is 0. The van der Waals surface area contributed by atoms with Crippen LogP contribution >= 0.6 is 0 Å². The van der Waals surface area contributed by atoms with Crippen molar-refractivity contribution < 1.29 is 14.4 Å². The first-order valence-electron chi connectivity index (χ1n) is 5.97. The zero-order chi connectivity index (χ0) is 14.3. The van der Waals surface area contributed by atoms with Gasteiger partial charge in [0.05, 0.1) is 16.8 Å². The van der Waals surface area contributed by atoms with Crippen LogP contribution in [0.5, 0.6) is 0 Å². The Hall–Kier alpha value is -2.95. The summed E-state index contributed by atoms with van der Waals surface area (Å²) < 4.78 is 0. The number of carbonyl (C=O) groups is 3. The molecule has 0 radical (unpaired) electrons. The third kappa shape index (κ3) is 1.68. The summed E-state index contributed by atoms with van der Waals surface area (Å²) >= 11 is 0. The van der Waals surface area contributed by atoms with Crippen LogP contribution in [0.1, 0.15) is 31.1 Å². The van der Waals surface area contributed by atoms with Gasteiger partial charge in [-0.1, -0.05) is 12.1 Å². The third-order valence-electron chi connectivity index (χ3n) is 3.20. The van der Waals surface area contributed by atoms with Crippen LogP contribution in [0.3, 0.4) is 0 Å². The summed E-state index contributed by atoms with van der Waals surface area (Å²) in [5.41, 5.74) is 6.67. The predicted molar refractivity (Wildman–Crippen MR) is 72.5 cm³/mol. The summed E-state index contributed by atoms with van der Waals surface area (Å²) in [5, 5.41) is 0. The van der Waals surface area contributed by atoms with Gasteiger partial charge in [0.25, 0.3) is 11.8 Å². The molecule has 0 bridgehead atoms. The highest BCUT2D eigenvalue weighted by Gasteiger charge is 2.36. The Labute approximate surface area is 114 Å².